The Morgan fingerprint density at radius 2 is 2.00 bits per heavy atom. The maximum Gasteiger partial charge on any atom is 0.312 e. The van der Waals surface area contributed by atoms with Gasteiger partial charge >= 0.3 is 11.8 Å². The Morgan fingerprint density at radius 1 is 1.23 bits per heavy atom. The van der Waals surface area contributed by atoms with Crippen LogP contribution in [0.4, 0.5) is 0 Å². The van der Waals surface area contributed by atoms with Gasteiger partial charge < -0.3 is 10.2 Å². The van der Waals surface area contributed by atoms with E-state index in [9.17, 15) is 9.59 Å². The Balaban J connectivity index is 1.52. The van der Waals surface area contributed by atoms with Crippen LogP contribution in [0.1, 0.15) is 12.5 Å². The second kappa shape index (κ2) is 6.48. The molecule has 0 radical (unpaired) electrons. The van der Waals surface area contributed by atoms with Gasteiger partial charge in [0.15, 0.2) is 0 Å². The molecular weight excluding hydrogens is 278 g/mol. The molecule has 2 aliphatic rings. The molecule has 3 rings (SSSR count). The predicted molar refractivity (Wildman–Crippen MR) is 84.3 cm³/mol. The highest BCUT2D eigenvalue weighted by Crippen LogP contribution is 2.16. The molecule has 118 valence electrons. The summed E-state index contributed by atoms with van der Waals surface area (Å²) >= 11 is 0. The molecule has 0 bridgehead atoms. The Kier molecular flexibility index (Phi) is 4.43. The minimum atomic E-state index is -0.456. The molecule has 2 heterocycles. The van der Waals surface area contributed by atoms with Crippen molar-refractivity contribution in [3.05, 3.63) is 35.9 Å². The molecule has 0 spiro atoms. The van der Waals surface area contributed by atoms with Gasteiger partial charge in [0.25, 0.3) is 0 Å². The molecule has 0 unspecified atom stereocenters. The molecule has 0 aromatic heterocycles. The topological polar surface area (TPSA) is 52.7 Å². The quantitative estimate of drug-likeness (QED) is 0.825. The number of rotatable bonds is 4. The largest absolute Gasteiger partial charge is 0.346 e. The Labute approximate surface area is 131 Å². The number of hydrogen-bond donors (Lipinski definition) is 1. The Morgan fingerprint density at radius 3 is 2.77 bits per heavy atom. The Bertz CT molecular complexity index is 546. The maximum atomic E-state index is 11.8. The molecule has 1 aromatic carbocycles. The van der Waals surface area contributed by atoms with E-state index in [4.69, 9.17) is 0 Å². The van der Waals surface area contributed by atoms with E-state index in [0.29, 0.717) is 19.0 Å². The van der Waals surface area contributed by atoms with Crippen molar-refractivity contribution < 1.29 is 9.59 Å². The second-order valence-corrected chi connectivity index (χ2v) is 6.42. The van der Waals surface area contributed by atoms with Gasteiger partial charge in [0.05, 0.1) is 6.04 Å². The van der Waals surface area contributed by atoms with E-state index in [0.717, 1.165) is 26.1 Å². The van der Waals surface area contributed by atoms with E-state index in [1.54, 1.807) is 4.90 Å². The van der Waals surface area contributed by atoms with Crippen molar-refractivity contribution in [2.24, 2.45) is 5.92 Å². The molecule has 5 heteroatoms. The summed E-state index contributed by atoms with van der Waals surface area (Å²) in [5.74, 6) is -0.252. The fourth-order valence-electron chi connectivity index (χ4n) is 3.47. The monoisotopic (exact) mass is 301 g/mol. The number of carbonyl (C=O) groups excluding carboxylic acids is 2. The van der Waals surface area contributed by atoms with Crippen molar-refractivity contribution in [2.75, 3.05) is 32.7 Å². The van der Waals surface area contributed by atoms with Gasteiger partial charge in [0.1, 0.15) is 0 Å². The lowest BCUT2D eigenvalue weighted by Crippen LogP contribution is -2.65. The fraction of sp³-hybridized carbons (Fsp3) is 0.529. The zero-order valence-corrected chi connectivity index (χ0v) is 13.0. The van der Waals surface area contributed by atoms with Gasteiger partial charge in [-0.1, -0.05) is 37.3 Å². The third-order valence-electron chi connectivity index (χ3n) is 4.52. The summed E-state index contributed by atoms with van der Waals surface area (Å²) in [6, 6.07) is 10.7. The first-order valence-electron chi connectivity index (χ1n) is 7.98. The standard InChI is InChI=1S/C17H23N3O2/c1-13(9-14-5-3-2-4-6-14)11-19-7-8-20-15(12-19)10-18-16(21)17(20)22/h2-6,13,15H,7-12H2,1H3,(H,18,21)/t13-,15-/m1/s1. The predicted octanol–water partition coefficient (Wildman–Crippen LogP) is 0.508. The molecule has 1 N–H and O–H groups in total. The first-order chi connectivity index (χ1) is 10.6. The van der Waals surface area contributed by atoms with Gasteiger partial charge in [-0.2, -0.15) is 0 Å². The molecule has 0 saturated carbocycles. The van der Waals surface area contributed by atoms with Gasteiger partial charge in [0.2, 0.25) is 0 Å². The number of nitrogens with one attached hydrogen (secondary N) is 1. The van der Waals surface area contributed by atoms with Gasteiger partial charge in [-0.15, -0.1) is 0 Å². The summed E-state index contributed by atoms with van der Waals surface area (Å²) in [5.41, 5.74) is 1.37. The van der Waals surface area contributed by atoms with Crippen LogP contribution in [0.5, 0.6) is 0 Å². The minimum absolute atomic E-state index is 0.128. The smallest absolute Gasteiger partial charge is 0.312 e. The van der Waals surface area contributed by atoms with Crippen LogP contribution in [0.2, 0.25) is 0 Å². The molecule has 5 nitrogen and oxygen atoms in total. The SMILES string of the molecule is C[C@H](Cc1ccccc1)CN1CCN2C(=O)C(=O)NC[C@@H]2C1. The molecule has 0 aliphatic carbocycles. The lowest BCUT2D eigenvalue weighted by atomic mass is 9.99. The number of carbonyl (C=O) groups is 2. The molecule has 1 aromatic rings. The van der Waals surface area contributed by atoms with E-state index in [-0.39, 0.29) is 11.9 Å². The van der Waals surface area contributed by atoms with Crippen LogP contribution < -0.4 is 5.32 Å². The Hall–Kier alpha value is -1.88. The molecule has 2 saturated heterocycles. The van der Waals surface area contributed by atoms with Crippen LogP contribution >= 0.6 is 0 Å². The number of piperazine rings is 2. The summed E-state index contributed by atoms with van der Waals surface area (Å²) in [6.07, 6.45) is 1.07. The van der Waals surface area contributed by atoms with Crippen molar-refractivity contribution in [2.45, 2.75) is 19.4 Å². The summed E-state index contributed by atoms with van der Waals surface area (Å²) in [5, 5.41) is 2.69. The average Bonchev–Trinajstić information content (AvgIpc) is 2.52. The number of nitrogens with zero attached hydrogens (tertiary/aromatic N) is 2. The number of benzene rings is 1. The first kappa shape index (κ1) is 15.0. The van der Waals surface area contributed by atoms with E-state index < -0.39 is 5.91 Å². The molecule has 2 amide bonds. The van der Waals surface area contributed by atoms with E-state index in [2.05, 4.69) is 41.4 Å². The molecule has 22 heavy (non-hydrogen) atoms. The number of amides is 2. The van der Waals surface area contributed by atoms with Gasteiger partial charge in [-0.3, -0.25) is 14.5 Å². The lowest BCUT2D eigenvalue weighted by Gasteiger charge is -2.44. The lowest BCUT2D eigenvalue weighted by molar-refractivity contribution is -0.152. The second-order valence-electron chi connectivity index (χ2n) is 6.42. The van der Waals surface area contributed by atoms with E-state index >= 15 is 0 Å². The van der Waals surface area contributed by atoms with Crippen molar-refractivity contribution in [3.63, 3.8) is 0 Å². The maximum absolute atomic E-state index is 11.8. The van der Waals surface area contributed by atoms with E-state index in [1.165, 1.54) is 5.56 Å². The number of hydrogen-bond acceptors (Lipinski definition) is 3. The summed E-state index contributed by atoms with van der Waals surface area (Å²) in [7, 11) is 0. The highest BCUT2D eigenvalue weighted by molar-refractivity contribution is 6.35. The highest BCUT2D eigenvalue weighted by Gasteiger charge is 2.37. The van der Waals surface area contributed by atoms with Gasteiger partial charge in [0, 0.05) is 32.7 Å². The zero-order chi connectivity index (χ0) is 15.5. The van der Waals surface area contributed by atoms with Gasteiger partial charge in [-0.05, 0) is 17.9 Å². The van der Waals surface area contributed by atoms with Crippen molar-refractivity contribution >= 4 is 11.8 Å². The molecular formula is C17H23N3O2. The fourth-order valence-corrected chi connectivity index (χ4v) is 3.47. The summed E-state index contributed by atoms with van der Waals surface area (Å²) in [4.78, 5) is 27.4. The summed E-state index contributed by atoms with van der Waals surface area (Å²) < 4.78 is 0. The summed E-state index contributed by atoms with van der Waals surface area (Å²) in [6.45, 7) is 6.25. The van der Waals surface area contributed by atoms with Crippen molar-refractivity contribution in [1.29, 1.82) is 0 Å². The van der Waals surface area contributed by atoms with Crippen LogP contribution in [0.25, 0.3) is 0 Å². The average molecular weight is 301 g/mol. The van der Waals surface area contributed by atoms with Crippen LogP contribution in [-0.4, -0.2) is 60.4 Å². The van der Waals surface area contributed by atoms with Crippen molar-refractivity contribution in [1.82, 2.24) is 15.1 Å². The third-order valence-corrected chi connectivity index (χ3v) is 4.52. The van der Waals surface area contributed by atoms with Crippen LogP contribution in [0.15, 0.2) is 30.3 Å². The third kappa shape index (κ3) is 3.30. The van der Waals surface area contributed by atoms with E-state index in [1.807, 2.05) is 6.07 Å². The molecule has 2 fully saturated rings. The normalized spacial score (nSPS) is 23.9. The van der Waals surface area contributed by atoms with Crippen LogP contribution in [-0.2, 0) is 16.0 Å². The molecule has 2 aliphatic heterocycles. The minimum Gasteiger partial charge on any atom is -0.346 e. The first-order valence-corrected chi connectivity index (χ1v) is 7.98. The molecule has 2 atom stereocenters. The van der Waals surface area contributed by atoms with Crippen LogP contribution in [0.3, 0.4) is 0 Å². The number of fused-ring (bicyclic) bond motifs is 1. The zero-order valence-electron chi connectivity index (χ0n) is 13.0. The van der Waals surface area contributed by atoms with Crippen LogP contribution in [0, 0.1) is 5.92 Å². The van der Waals surface area contributed by atoms with Gasteiger partial charge in [-0.25, -0.2) is 0 Å². The highest BCUT2D eigenvalue weighted by atomic mass is 16.2. The van der Waals surface area contributed by atoms with Crippen molar-refractivity contribution in [3.8, 4) is 0 Å².